The van der Waals surface area contributed by atoms with Crippen LogP contribution in [0.2, 0.25) is 0 Å². The van der Waals surface area contributed by atoms with E-state index in [-0.39, 0.29) is 28.8 Å². The number of hydrogen-bond donors (Lipinski definition) is 1. The Morgan fingerprint density at radius 1 is 1.24 bits per heavy atom. The van der Waals surface area contributed by atoms with Crippen molar-refractivity contribution >= 4 is 45.8 Å². The van der Waals surface area contributed by atoms with Gasteiger partial charge in [0.1, 0.15) is 11.6 Å². The quantitative estimate of drug-likeness (QED) is 0.566. The summed E-state index contributed by atoms with van der Waals surface area (Å²) in [5.41, 5.74) is -1.14. The lowest BCUT2D eigenvalue weighted by Crippen LogP contribution is -2.41. The maximum absolute atomic E-state index is 15.5. The number of carboxylic acids is 1. The van der Waals surface area contributed by atoms with E-state index in [1.807, 2.05) is 27.7 Å². The Hall–Kier alpha value is -1.97. The average Bonchev–Trinajstić information content (AvgIpc) is 3.12. The zero-order valence-electron chi connectivity index (χ0n) is 17.3. The fourth-order valence-electron chi connectivity index (χ4n) is 3.09. The van der Waals surface area contributed by atoms with Crippen LogP contribution in [0.3, 0.4) is 0 Å². The highest BCUT2D eigenvalue weighted by Crippen LogP contribution is 2.39. The summed E-state index contributed by atoms with van der Waals surface area (Å²) >= 11 is 1.11. The van der Waals surface area contributed by atoms with Gasteiger partial charge >= 0.3 is 13.1 Å². The van der Waals surface area contributed by atoms with Crippen molar-refractivity contribution in [2.45, 2.75) is 52.2 Å². The van der Waals surface area contributed by atoms with Crippen molar-refractivity contribution in [2.75, 3.05) is 7.11 Å². The maximum atomic E-state index is 15.5. The number of rotatable bonds is 6. The third-order valence-corrected chi connectivity index (χ3v) is 6.78. The van der Waals surface area contributed by atoms with Crippen LogP contribution in [-0.2, 0) is 14.1 Å². The van der Waals surface area contributed by atoms with Gasteiger partial charge in [0.15, 0.2) is 5.78 Å². The Morgan fingerprint density at radius 2 is 1.83 bits per heavy atom. The highest BCUT2D eigenvalue weighted by Gasteiger charge is 2.53. The Morgan fingerprint density at radius 3 is 2.34 bits per heavy atom. The fraction of sp³-hybridized carbons (Fsp3) is 0.500. The Labute approximate surface area is 173 Å². The molecule has 1 aromatic carbocycles. The summed E-state index contributed by atoms with van der Waals surface area (Å²) < 4.78 is 33.4. The molecule has 1 N–H and O–H groups in total. The topological polar surface area (TPSA) is 82.1 Å². The predicted molar refractivity (Wildman–Crippen MR) is 110 cm³/mol. The molecule has 1 aliphatic heterocycles. The minimum absolute atomic E-state index is 0.148. The van der Waals surface area contributed by atoms with E-state index in [9.17, 15) is 9.59 Å². The van der Waals surface area contributed by atoms with E-state index in [1.165, 1.54) is 20.1 Å². The van der Waals surface area contributed by atoms with Crippen LogP contribution >= 0.6 is 11.3 Å². The molecule has 1 aromatic heterocycles. The zero-order chi connectivity index (χ0) is 21.7. The molecular weight excluding hydrogens is 398 g/mol. The van der Waals surface area contributed by atoms with Crippen molar-refractivity contribution in [3.05, 3.63) is 22.8 Å². The molecule has 156 valence electrons. The summed E-state index contributed by atoms with van der Waals surface area (Å²) in [6.07, 6.45) is -0.148. The summed E-state index contributed by atoms with van der Waals surface area (Å²) in [5.74, 6) is -2.49. The third kappa shape index (κ3) is 3.79. The van der Waals surface area contributed by atoms with Crippen LogP contribution in [-0.4, -0.2) is 42.3 Å². The number of carbonyl (C=O) groups excluding carboxylic acids is 1. The van der Waals surface area contributed by atoms with E-state index in [0.717, 1.165) is 11.3 Å². The number of ether oxygens (including phenoxy) is 1. The van der Waals surface area contributed by atoms with Crippen molar-refractivity contribution in [1.82, 2.24) is 0 Å². The smallest absolute Gasteiger partial charge is 0.497 e. The van der Waals surface area contributed by atoms with Gasteiger partial charge in [-0.1, -0.05) is 6.92 Å². The lowest BCUT2D eigenvalue weighted by atomic mass is 9.77. The van der Waals surface area contributed by atoms with Gasteiger partial charge < -0.3 is 19.2 Å². The van der Waals surface area contributed by atoms with Crippen molar-refractivity contribution in [2.24, 2.45) is 5.92 Å². The van der Waals surface area contributed by atoms with Crippen molar-refractivity contribution < 1.29 is 33.1 Å². The number of fused-ring (bicyclic) bond motifs is 1. The van der Waals surface area contributed by atoms with E-state index in [2.05, 4.69) is 0 Å². The Kier molecular flexibility index (Phi) is 5.53. The van der Waals surface area contributed by atoms with Crippen LogP contribution in [0.15, 0.2) is 12.1 Å². The molecule has 3 rings (SSSR count). The minimum atomic E-state index is -1.05. The average molecular weight is 422 g/mol. The highest BCUT2D eigenvalue weighted by molar-refractivity contribution is 7.20. The van der Waals surface area contributed by atoms with Crippen LogP contribution in [0.25, 0.3) is 10.1 Å². The van der Waals surface area contributed by atoms with E-state index in [1.54, 1.807) is 6.07 Å². The molecule has 1 fully saturated rings. The van der Waals surface area contributed by atoms with Crippen LogP contribution in [0.4, 0.5) is 4.39 Å². The lowest BCUT2D eigenvalue weighted by molar-refractivity contribution is -0.141. The minimum Gasteiger partial charge on any atom is -0.497 e. The van der Waals surface area contributed by atoms with Gasteiger partial charge in [0, 0.05) is 16.5 Å². The number of thiophene rings is 1. The van der Waals surface area contributed by atoms with E-state index >= 15 is 4.39 Å². The van der Waals surface area contributed by atoms with Gasteiger partial charge in [0.25, 0.3) is 0 Å². The van der Waals surface area contributed by atoms with E-state index in [0.29, 0.717) is 9.58 Å². The molecule has 0 aliphatic carbocycles. The Bertz CT molecular complexity index is 967. The molecule has 0 radical (unpaired) electrons. The number of aliphatic carboxylic acids is 1. The second-order valence-electron chi connectivity index (χ2n) is 8.28. The van der Waals surface area contributed by atoms with Gasteiger partial charge in [-0.2, -0.15) is 0 Å². The number of carbonyl (C=O) groups is 2. The summed E-state index contributed by atoms with van der Waals surface area (Å²) in [7, 11) is 0.481. The molecule has 9 heteroatoms. The molecule has 1 atom stereocenters. The number of methoxy groups -OCH3 is 1. The largest absolute Gasteiger partial charge is 0.501 e. The van der Waals surface area contributed by atoms with Crippen LogP contribution in [0.5, 0.6) is 5.75 Å². The van der Waals surface area contributed by atoms with Crippen molar-refractivity contribution in [1.29, 1.82) is 0 Å². The van der Waals surface area contributed by atoms with Crippen LogP contribution in [0.1, 0.15) is 50.7 Å². The number of benzene rings is 1. The molecule has 0 amide bonds. The van der Waals surface area contributed by atoms with Gasteiger partial charge in [-0.25, -0.2) is 4.39 Å². The zero-order valence-corrected chi connectivity index (χ0v) is 18.1. The third-order valence-electron chi connectivity index (χ3n) is 5.66. The molecule has 1 unspecified atom stereocenters. The van der Waals surface area contributed by atoms with Gasteiger partial charge in [-0.05, 0) is 39.8 Å². The van der Waals surface area contributed by atoms with E-state index < -0.39 is 36.0 Å². The van der Waals surface area contributed by atoms with Gasteiger partial charge in [0.05, 0.1) is 34.6 Å². The SMILES string of the molecule is COc1cc2sc(C(=O)CC(C)C(=O)O)cc2c(F)c1B1OC(C)(C)C(C)(C)O1. The van der Waals surface area contributed by atoms with Crippen LogP contribution < -0.4 is 10.2 Å². The second kappa shape index (κ2) is 7.38. The molecule has 29 heavy (non-hydrogen) atoms. The molecule has 6 nitrogen and oxygen atoms in total. The monoisotopic (exact) mass is 422 g/mol. The number of halogens is 1. The molecule has 2 heterocycles. The number of hydrogen-bond acceptors (Lipinski definition) is 6. The number of ketones is 1. The van der Waals surface area contributed by atoms with Gasteiger partial charge in [0.2, 0.25) is 0 Å². The normalized spacial score (nSPS) is 18.8. The summed E-state index contributed by atoms with van der Waals surface area (Å²) in [6, 6.07) is 3.11. The lowest BCUT2D eigenvalue weighted by Gasteiger charge is -2.32. The highest BCUT2D eigenvalue weighted by atomic mass is 32.1. The molecular formula is C20H24BFO6S. The van der Waals surface area contributed by atoms with Gasteiger partial charge in [-0.3, -0.25) is 9.59 Å². The Balaban J connectivity index is 2.04. The number of carboxylic acid groups (broad SMARTS) is 1. The molecule has 1 saturated heterocycles. The fourth-order valence-corrected chi connectivity index (χ4v) is 4.12. The summed E-state index contributed by atoms with van der Waals surface area (Å²) in [5, 5.41) is 9.28. The van der Waals surface area contributed by atoms with Gasteiger partial charge in [-0.15, -0.1) is 11.3 Å². The molecule has 0 saturated carbocycles. The first-order valence-electron chi connectivity index (χ1n) is 9.29. The molecule has 0 bridgehead atoms. The molecule has 0 spiro atoms. The number of Topliss-reactive ketones (excluding diaryl/α,β-unsaturated/α-hetero) is 1. The first-order chi connectivity index (χ1) is 13.4. The molecule has 1 aliphatic rings. The molecule has 2 aromatic rings. The first kappa shape index (κ1) is 21.7. The summed E-state index contributed by atoms with van der Waals surface area (Å²) in [4.78, 5) is 23.8. The van der Waals surface area contributed by atoms with E-state index in [4.69, 9.17) is 19.2 Å². The summed E-state index contributed by atoms with van der Waals surface area (Å²) in [6.45, 7) is 8.97. The maximum Gasteiger partial charge on any atom is 0.501 e. The second-order valence-corrected chi connectivity index (χ2v) is 9.37. The standard InChI is InChI=1S/C20H24BFO6S/c1-10(18(24)25)7-12(23)15-8-11-14(29-15)9-13(26-6)16(17(11)22)21-27-19(2,3)20(4,5)28-21/h8-10H,7H2,1-6H3,(H,24,25). The van der Waals surface area contributed by atoms with Crippen LogP contribution in [0, 0.1) is 11.7 Å². The first-order valence-corrected chi connectivity index (χ1v) is 10.1. The predicted octanol–water partition coefficient (Wildman–Crippen LogP) is 3.64. The van der Waals surface area contributed by atoms with Crippen molar-refractivity contribution in [3.63, 3.8) is 0 Å². The van der Waals surface area contributed by atoms with Crippen molar-refractivity contribution in [3.8, 4) is 5.75 Å².